The minimum atomic E-state index is -0.570. The Hall–Kier alpha value is -2.54. The van der Waals surface area contributed by atoms with Crippen molar-refractivity contribution in [2.24, 2.45) is 0 Å². The van der Waals surface area contributed by atoms with E-state index in [1.54, 1.807) is 11.0 Å². The van der Waals surface area contributed by atoms with Crippen molar-refractivity contribution in [3.8, 4) is 5.75 Å². The molecule has 1 aliphatic heterocycles. The van der Waals surface area contributed by atoms with Gasteiger partial charge in [-0.3, -0.25) is 4.79 Å². The van der Waals surface area contributed by atoms with Gasteiger partial charge in [-0.15, -0.1) is 0 Å². The molecule has 7 nitrogen and oxygen atoms in total. The summed E-state index contributed by atoms with van der Waals surface area (Å²) in [7, 11) is 0. The largest absolute Gasteiger partial charge is 0.488 e. The van der Waals surface area contributed by atoms with Crippen LogP contribution >= 0.6 is 11.6 Å². The number of halogens is 1. The standard InChI is InChI=1S/C30H42ClN3O4/c1-20(2)34(21-12-11-17-33(19-21)29(36)38-30(3,4)5)28(35)25-18-24(31)23-15-10-16-26(27(23)32-25)37-22-13-8-6-7-9-14-22/h10,15-16,18,20-22H,6-9,11-14,17,19H2,1-5H3/t21-/m1/s1. The second-order valence-corrected chi connectivity index (χ2v) is 12.3. The van der Waals surface area contributed by atoms with Crippen molar-refractivity contribution in [2.45, 2.75) is 110 Å². The number of hydrogen-bond donors (Lipinski definition) is 0. The third kappa shape index (κ3) is 6.90. The Labute approximate surface area is 231 Å². The maximum atomic E-state index is 14.0. The maximum absolute atomic E-state index is 14.0. The van der Waals surface area contributed by atoms with Crippen LogP contribution in [0.3, 0.4) is 0 Å². The summed E-state index contributed by atoms with van der Waals surface area (Å²) in [6, 6.07) is 7.20. The normalized spacial score (nSPS) is 19.3. The molecule has 1 aromatic heterocycles. The zero-order chi connectivity index (χ0) is 27.4. The number of carbonyl (C=O) groups is 2. The summed E-state index contributed by atoms with van der Waals surface area (Å²) < 4.78 is 12.0. The molecule has 4 rings (SSSR count). The molecule has 0 N–H and O–H groups in total. The number of fused-ring (bicyclic) bond motifs is 1. The Morgan fingerprint density at radius 2 is 1.79 bits per heavy atom. The molecule has 2 fully saturated rings. The van der Waals surface area contributed by atoms with E-state index in [4.69, 9.17) is 26.1 Å². The van der Waals surface area contributed by atoms with Crippen molar-refractivity contribution in [3.05, 3.63) is 35.0 Å². The fraction of sp³-hybridized carbons (Fsp3) is 0.633. The van der Waals surface area contributed by atoms with Gasteiger partial charge >= 0.3 is 6.09 Å². The molecule has 38 heavy (non-hydrogen) atoms. The van der Waals surface area contributed by atoms with Crippen LogP contribution in [-0.4, -0.2) is 63.7 Å². The van der Waals surface area contributed by atoms with E-state index in [1.165, 1.54) is 25.7 Å². The molecule has 2 aliphatic rings. The Balaban J connectivity index is 1.60. The van der Waals surface area contributed by atoms with Crippen LogP contribution in [0, 0.1) is 0 Å². The van der Waals surface area contributed by atoms with Gasteiger partial charge in [0, 0.05) is 24.5 Å². The van der Waals surface area contributed by atoms with Crippen molar-refractivity contribution >= 4 is 34.5 Å². The van der Waals surface area contributed by atoms with Gasteiger partial charge in [0.15, 0.2) is 0 Å². The van der Waals surface area contributed by atoms with Crippen LogP contribution in [0.5, 0.6) is 5.75 Å². The molecule has 0 spiro atoms. The summed E-state index contributed by atoms with van der Waals surface area (Å²) in [5, 5.41) is 1.26. The lowest BCUT2D eigenvalue weighted by molar-refractivity contribution is 0.00742. The van der Waals surface area contributed by atoms with Crippen molar-refractivity contribution in [3.63, 3.8) is 0 Å². The fourth-order valence-electron chi connectivity index (χ4n) is 5.55. The molecule has 1 atom stereocenters. The fourth-order valence-corrected chi connectivity index (χ4v) is 5.81. The number of piperidine rings is 1. The highest BCUT2D eigenvalue weighted by Crippen LogP contribution is 2.33. The number of ether oxygens (including phenoxy) is 2. The molecular formula is C30H42ClN3O4. The number of likely N-dealkylation sites (tertiary alicyclic amines) is 1. The van der Waals surface area contributed by atoms with Crippen LogP contribution in [0.1, 0.15) is 96.5 Å². The molecule has 2 aromatic rings. The van der Waals surface area contributed by atoms with Gasteiger partial charge < -0.3 is 19.3 Å². The molecule has 1 saturated carbocycles. The third-order valence-corrected chi connectivity index (χ3v) is 7.61. The first-order chi connectivity index (χ1) is 18.0. The topological polar surface area (TPSA) is 72.0 Å². The van der Waals surface area contributed by atoms with Gasteiger partial charge in [-0.2, -0.15) is 0 Å². The van der Waals surface area contributed by atoms with Gasteiger partial charge in [-0.05, 0) is 85.3 Å². The molecule has 208 valence electrons. The molecule has 0 unspecified atom stereocenters. The average Bonchev–Trinajstić information content (AvgIpc) is 3.12. The lowest BCUT2D eigenvalue weighted by atomic mass is 10.0. The maximum Gasteiger partial charge on any atom is 0.410 e. The second kappa shape index (κ2) is 12.1. The molecular weight excluding hydrogens is 502 g/mol. The number of pyridine rings is 1. The smallest absolute Gasteiger partial charge is 0.410 e. The predicted molar refractivity (Wildman–Crippen MR) is 151 cm³/mol. The number of hydrogen-bond acceptors (Lipinski definition) is 5. The lowest BCUT2D eigenvalue weighted by Crippen LogP contribution is -2.54. The summed E-state index contributed by atoms with van der Waals surface area (Å²) in [5.41, 5.74) is 0.345. The molecule has 1 aliphatic carbocycles. The molecule has 8 heteroatoms. The first kappa shape index (κ1) is 28.5. The summed E-state index contributed by atoms with van der Waals surface area (Å²) in [6.45, 7) is 10.6. The summed E-state index contributed by atoms with van der Waals surface area (Å²) in [4.78, 5) is 35.1. The van der Waals surface area contributed by atoms with E-state index in [9.17, 15) is 9.59 Å². The van der Waals surface area contributed by atoms with Gasteiger partial charge in [-0.1, -0.05) is 36.6 Å². The van der Waals surface area contributed by atoms with E-state index in [1.807, 2.05) is 57.7 Å². The Kier molecular flexibility index (Phi) is 9.07. The van der Waals surface area contributed by atoms with Gasteiger partial charge in [0.25, 0.3) is 5.91 Å². The zero-order valence-electron chi connectivity index (χ0n) is 23.5. The van der Waals surface area contributed by atoms with Gasteiger partial charge in [-0.25, -0.2) is 9.78 Å². The monoisotopic (exact) mass is 543 g/mol. The van der Waals surface area contributed by atoms with E-state index < -0.39 is 5.60 Å². The van der Waals surface area contributed by atoms with Crippen LogP contribution in [0.25, 0.3) is 10.9 Å². The Morgan fingerprint density at radius 3 is 2.45 bits per heavy atom. The summed E-state index contributed by atoms with van der Waals surface area (Å²) in [6.07, 6.45) is 8.29. The highest BCUT2D eigenvalue weighted by Gasteiger charge is 2.35. The van der Waals surface area contributed by atoms with Gasteiger partial charge in [0.05, 0.1) is 17.2 Å². The quantitative estimate of drug-likeness (QED) is 0.372. The van der Waals surface area contributed by atoms with Crippen LogP contribution < -0.4 is 4.74 Å². The number of benzene rings is 1. The van der Waals surface area contributed by atoms with Crippen molar-refractivity contribution in [2.75, 3.05) is 13.1 Å². The molecule has 0 radical (unpaired) electrons. The minimum absolute atomic E-state index is 0.0835. The SMILES string of the molecule is CC(C)N(C(=O)c1cc(Cl)c2cccc(OC3CCCCCC3)c2n1)[C@@H]1CCCN(C(=O)OC(C)(C)C)C1. The predicted octanol–water partition coefficient (Wildman–Crippen LogP) is 7.24. The van der Waals surface area contributed by atoms with Crippen molar-refractivity contribution < 1.29 is 19.1 Å². The zero-order valence-corrected chi connectivity index (χ0v) is 24.2. The average molecular weight is 544 g/mol. The number of amides is 2. The van der Waals surface area contributed by atoms with E-state index in [0.717, 1.165) is 31.1 Å². The first-order valence-corrected chi connectivity index (χ1v) is 14.5. The highest BCUT2D eigenvalue weighted by molar-refractivity contribution is 6.35. The van der Waals surface area contributed by atoms with E-state index in [-0.39, 0.29) is 30.2 Å². The second-order valence-electron chi connectivity index (χ2n) is 11.9. The number of para-hydroxylation sites is 1. The lowest BCUT2D eigenvalue weighted by Gasteiger charge is -2.41. The number of aromatic nitrogens is 1. The van der Waals surface area contributed by atoms with Crippen molar-refractivity contribution in [1.29, 1.82) is 0 Å². The van der Waals surface area contributed by atoms with Gasteiger partial charge in [0.1, 0.15) is 22.6 Å². The summed E-state index contributed by atoms with van der Waals surface area (Å²) >= 11 is 6.71. The number of nitrogens with zero attached hydrogens (tertiary/aromatic N) is 3. The molecule has 1 saturated heterocycles. The number of carbonyl (C=O) groups excluding carboxylic acids is 2. The molecule has 1 aromatic carbocycles. The highest BCUT2D eigenvalue weighted by atomic mass is 35.5. The first-order valence-electron chi connectivity index (χ1n) is 14.1. The Bertz CT molecular complexity index is 1140. The molecule has 2 heterocycles. The minimum Gasteiger partial charge on any atom is -0.488 e. The van der Waals surface area contributed by atoms with E-state index in [2.05, 4.69) is 0 Å². The Morgan fingerprint density at radius 1 is 1.08 bits per heavy atom. The van der Waals surface area contributed by atoms with Crippen LogP contribution in [0.4, 0.5) is 4.79 Å². The van der Waals surface area contributed by atoms with Crippen LogP contribution in [0.15, 0.2) is 24.3 Å². The number of rotatable bonds is 5. The van der Waals surface area contributed by atoms with Crippen LogP contribution in [0.2, 0.25) is 5.02 Å². The van der Waals surface area contributed by atoms with Gasteiger partial charge in [0.2, 0.25) is 0 Å². The third-order valence-electron chi connectivity index (χ3n) is 7.30. The summed E-state index contributed by atoms with van der Waals surface area (Å²) in [5.74, 6) is 0.486. The molecule has 0 bridgehead atoms. The van der Waals surface area contributed by atoms with Crippen molar-refractivity contribution in [1.82, 2.24) is 14.8 Å². The van der Waals surface area contributed by atoms with Crippen LogP contribution in [-0.2, 0) is 4.74 Å². The van der Waals surface area contributed by atoms with E-state index >= 15 is 0 Å². The molecule has 2 amide bonds. The van der Waals surface area contributed by atoms with E-state index in [0.29, 0.717) is 35.1 Å².